The Labute approximate surface area is 153 Å². The number of ether oxygens (including phenoxy) is 1. The number of rotatable bonds is 6. The largest absolute Gasteiger partial charge is 0.494 e. The van der Waals surface area contributed by atoms with Gasteiger partial charge in [0.25, 0.3) is 0 Å². The molecule has 2 amide bonds. The van der Waals surface area contributed by atoms with Gasteiger partial charge in [0.15, 0.2) is 6.10 Å². The average molecular weight is 353 g/mol. The molecule has 1 aliphatic rings. The number of urea groups is 1. The van der Waals surface area contributed by atoms with E-state index >= 15 is 0 Å². The molecule has 0 fully saturated rings. The number of amides is 2. The van der Waals surface area contributed by atoms with Crippen molar-refractivity contribution >= 4 is 17.4 Å². The van der Waals surface area contributed by atoms with Crippen molar-refractivity contribution in [2.24, 2.45) is 5.16 Å². The number of nitrogens with zero attached hydrogens (tertiary/aromatic N) is 2. The summed E-state index contributed by atoms with van der Waals surface area (Å²) < 4.78 is 5.40. The summed E-state index contributed by atoms with van der Waals surface area (Å²) in [7, 11) is 1.74. The first-order valence-corrected chi connectivity index (χ1v) is 8.69. The van der Waals surface area contributed by atoms with Crippen LogP contribution in [-0.4, -0.2) is 42.9 Å². The van der Waals surface area contributed by atoms with Gasteiger partial charge in [-0.05, 0) is 36.8 Å². The molecule has 1 aliphatic heterocycles. The summed E-state index contributed by atoms with van der Waals surface area (Å²) in [6.45, 7) is 3.01. The highest BCUT2D eigenvalue weighted by atomic mass is 16.6. The van der Waals surface area contributed by atoms with E-state index in [4.69, 9.17) is 9.57 Å². The van der Waals surface area contributed by atoms with E-state index in [2.05, 4.69) is 10.5 Å². The van der Waals surface area contributed by atoms with Crippen molar-refractivity contribution in [1.82, 2.24) is 4.90 Å². The molecule has 1 N–H and O–H groups in total. The molecule has 1 heterocycles. The standard InChI is InChI=1S/C20H23N3O3/c1-3-25-17-11-9-16(10-12-17)21-20(24)23(2)14-18-13-19(22-26-18)15-7-5-4-6-8-15/h4-12,18H,3,13-14H2,1-2H3,(H,21,24). The number of carbonyl (C=O) groups excluding carboxylic acids is 1. The summed E-state index contributed by atoms with van der Waals surface area (Å²) in [6.07, 6.45) is 0.548. The van der Waals surface area contributed by atoms with Gasteiger partial charge in [-0.15, -0.1) is 0 Å². The fraction of sp³-hybridized carbons (Fsp3) is 0.300. The molecule has 0 bridgehead atoms. The van der Waals surface area contributed by atoms with Gasteiger partial charge in [0.2, 0.25) is 0 Å². The Morgan fingerprint density at radius 2 is 1.96 bits per heavy atom. The number of nitrogens with one attached hydrogen (secondary N) is 1. The molecule has 6 heteroatoms. The highest BCUT2D eigenvalue weighted by Gasteiger charge is 2.25. The van der Waals surface area contributed by atoms with Crippen LogP contribution in [0.3, 0.4) is 0 Å². The Morgan fingerprint density at radius 3 is 2.65 bits per heavy atom. The van der Waals surface area contributed by atoms with Crippen molar-refractivity contribution in [3.8, 4) is 5.75 Å². The smallest absolute Gasteiger partial charge is 0.321 e. The SMILES string of the molecule is CCOc1ccc(NC(=O)N(C)CC2CC(c3ccccc3)=NO2)cc1. The molecule has 2 aromatic rings. The Hall–Kier alpha value is -3.02. The normalized spacial score (nSPS) is 15.8. The minimum Gasteiger partial charge on any atom is -0.494 e. The molecule has 0 spiro atoms. The topological polar surface area (TPSA) is 63.2 Å². The molecule has 26 heavy (non-hydrogen) atoms. The monoisotopic (exact) mass is 353 g/mol. The van der Waals surface area contributed by atoms with Crippen LogP contribution >= 0.6 is 0 Å². The molecular weight excluding hydrogens is 330 g/mol. The fourth-order valence-electron chi connectivity index (χ4n) is 2.74. The maximum Gasteiger partial charge on any atom is 0.321 e. The van der Waals surface area contributed by atoms with E-state index in [1.807, 2.05) is 61.5 Å². The zero-order chi connectivity index (χ0) is 18.4. The Morgan fingerprint density at radius 1 is 1.23 bits per heavy atom. The van der Waals surface area contributed by atoms with Gasteiger partial charge in [-0.1, -0.05) is 35.5 Å². The first kappa shape index (κ1) is 17.8. The average Bonchev–Trinajstić information content (AvgIpc) is 3.13. The first-order chi connectivity index (χ1) is 12.7. The van der Waals surface area contributed by atoms with Gasteiger partial charge in [0, 0.05) is 19.2 Å². The van der Waals surface area contributed by atoms with E-state index in [-0.39, 0.29) is 12.1 Å². The maximum absolute atomic E-state index is 12.4. The van der Waals surface area contributed by atoms with E-state index < -0.39 is 0 Å². The van der Waals surface area contributed by atoms with Crippen molar-refractivity contribution in [2.75, 3.05) is 25.5 Å². The minimum atomic E-state index is -0.189. The molecule has 3 rings (SSSR count). The number of hydrogen-bond donors (Lipinski definition) is 1. The van der Waals surface area contributed by atoms with Crippen LogP contribution in [0.2, 0.25) is 0 Å². The van der Waals surface area contributed by atoms with Crippen LogP contribution < -0.4 is 10.1 Å². The van der Waals surface area contributed by atoms with E-state index in [1.54, 1.807) is 11.9 Å². The van der Waals surface area contributed by atoms with E-state index in [1.165, 1.54) is 0 Å². The Bertz CT molecular complexity index is 760. The second kappa shape index (κ2) is 8.38. The fourth-order valence-corrected chi connectivity index (χ4v) is 2.74. The molecule has 1 unspecified atom stereocenters. The lowest BCUT2D eigenvalue weighted by atomic mass is 10.1. The third-order valence-electron chi connectivity index (χ3n) is 4.08. The van der Waals surface area contributed by atoms with Gasteiger partial charge in [0.1, 0.15) is 5.75 Å². The number of benzene rings is 2. The van der Waals surface area contributed by atoms with Crippen molar-refractivity contribution in [3.63, 3.8) is 0 Å². The number of oxime groups is 1. The van der Waals surface area contributed by atoms with Gasteiger partial charge in [0.05, 0.1) is 18.9 Å². The second-order valence-corrected chi connectivity index (χ2v) is 6.10. The summed E-state index contributed by atoms with van der Waals surface area (Å²) in [5.41, 5.74) is 2.69. The Balaban J connectivity index is 1.49. The van der Waals surface area contributed by atoms with Crippen molar-refractivity contribution in [2.45, 2.75) is 19.4 Å². The highest BCUT2D eigenvalue weighted by molar-refractivity contribution is 6.01. The summed E-state index contributed by atoms with van der Waals surface area (Å²) in [5, 5.41) is 7.02. The lowest BCUT2D eigenvalue weighted by Crippen LogP contribution is -2.37. The van der Waals surface area contributed by atoms with E-state index in [9.17, 15) is 4.79 Å². The third-order valence-corrected chi connectivity index (χ3v) is 4.08. The number of likely N-dealkylation sites (N-methyl/N-ethyl adjacent to an activating group) is 1. The summed E-state index contributed by atoms with van der Waals surface area (Å²) in [6, 6.07) is 17.0. The Kier molecular flexibility index (Phi) is 5.73. The predicted molar refractivity (Wildman–Crippen MR) is 102 cm³/mol. The van der Waals surface area contributed by atoms with Crippen LogP contribution in [0, 0.1) is 0 Å². The van der Waals surface area contributed by atoms with Crippen LogP contribution in [0.25, 0.3) is 0 Å². The number of carbonyl (C=O) groups is 1. The summed E-state index contributed by atoms with van der Waals surface area (Å²) >= 11 is 0. The molecule has 136 valence electrons. The van der Waals surface area contributed by atoms with Crippen LogP contribution in [0.5, 0.6) is 5.75 Å². The summed E-state index contributed by atoms with van der Waals surface area (Å²) in [4.78, 5) is 19.4. The van der Waals surface area contributed by atoms with Crippen molar-refractivity contribution in [3.05, 3.63) is 60.2 Å². The highest BCUT2D eigenvalue weighted by Crippen LogP contribution is 2.18. The zero-order valence-corrected chi connectivity index (χ0v) is 15.0. The quantitative estimate of drug-likeness (QED) is 0.860. The number of hydrogen-bond acceptors (Lipinski definition) is 4. The van der Waals surface area contributed by atoms with Gasteiger partial charge >= 0.3 is 6.03 Å². The molecule has 0 aromatic heterocycles. The van der Waals surface area contributed by atoms with Crippen LogP contribution in [0.1, 0.15) is 18.9 Å². The van der Waals surface area contributed by atoms with Gasteiger partial charge in [-0.3, -0.25) is 0 Å². The molecule has 0 radical (unpaired) electrons. The summed E-state index contributed by atoms with van der Waals surface area (Å²) in [5.74, 6) is 0.781. The van der Waals surface area contributed by atoms with Crippen LogP contribution in [0.4, 0.5) is 10.5 Å². The number of anilines is 1. The molecular formula is C20H23N3O3. The molecule has 0 aliphatic carbocycles. The maximum atomic E-state index is 12.4. The molecule has 0 saturated heterocycles. The van der Waals surface area contributed by atoms with E-state index in [0.29, 0.717) is 19.6 Å². The predicted octanol–water partition coefficient (Wildman–Crippen LogP) is 3.74. The van der Waals surface area contributed by atoms with Crippen molar-refractivity contribution < 1.29 is 14.4 Å². The molecule has 0 saturated carbocycles. The second-order valence-electron chi connectivity index (χ2n) is 6.10. The van der Waals surface area contributed by atoms with Crippen LogP contribution in [-0.2, 0) is 4.84 Å². The zero-order valence-electron chi connectivity index (χ0n) is 15.0. The minimum absolute atomic E-state index is 0.138. The molecule has 6 nitrogen and oxygen atoms in total. The third kappa shape index (κ3) is 4.53. The van der Waals surface area contributed by atoms with Crippen molar-refractivity contribution in [1.29, 1.82) is 0 Å². The van der Waals surface area contributed by atoms with Crippen LogP contribution in [0.15, 0.2) is 59.8 Å². The van der Waals surface area contributed by atoms with Gasteiger partial charge in [-0.25, -0.2) is 4.79 Å². The molecule has 2 aromatic carbocycles. The molecule has 1 atom stereocenters. The van der Waals surface area contributed by atoms with Gasteiger partial charge in [-0.2, -0.15) is 0 Å². The lowest BCUT2D eigenvalue weighted by molar-refractivity contribution is 0.0672. The van der Waals surface area contributed by atoms with E-state index in [0.717, 1.165) is 22.7 Å². The lowest BCUT2D eigenvalue weighted by Gasteiger charge is -2.20. The first-order valence-electron chi connectivity index (χ1n) is 8.69. The van der Waals surface area contributed by atoms with Gasteiger partial charge < -0.3 is 19.8 Å².